The van der Waals surface area contributed by atoms with Crippen molar-refractivity contribution in [2.24, 2.45) is 0 Å². The van der Waals surface area contributed by atoms with Crippen molar-refractivity contribution in [1.82, 2.24) is 0 Å². The van der Waals surface area contributed by atoms with E-state index in [0.29, 0.717) is 12.2 Å². The average Bonchev–Trinajstić information content (AvgIpc) is 2.18. The molecule has 96 valence electrons. The summed E-state index contributed by atoms with van der Waals surface area (Å²) in [5.41, 5.74) is -1.67. The number of thiol groups is 2. The van der Waals surface area contributed by atoms with Gasteiger partial charge in [-0.1, -0.05) is 6.92 Å². The Hall–Kier alpha value is 0.0500. The minimum atomic E-state index is -1.67. The maximum atomic E-state index is 11.1. The first-order chi connectivity index (χ1) is 7.50. The zero-order chi connectivity index (χ0) is 12.6. The predicted molar refractivity (Wildman–Crippen MR) is 65.4 cm³/mol. The van der Waals surface area contributed by atoms with E-state index < -0.39 is 17.9 Å². The Balaban J connectivity index is 4.36. The summed E-state index contributed by atoms with van der Waals surface area (Å²) in [5.74, 6) is -0.248. The van der Waals surface area contributed by atoms with Crippen LogP contribution in [0, 0.1) is 0 Å². The molecule has 5 nitrogen and oxygen atoms in total. The SMILES string of the molecule is CCCC(=O)OC(O)C(O)(CCS)COS. The first kappa shape index (κ1) is 16.1. The summed E-state index contributed by atoms with van der Waals surface area (Å²) in [5, 5.41) is 19.5. The third kappa shape index (κ3) is 5.40. The number of carbonyl (C=O) groups is 1. The number of esters is 1. The van der Waals surface area contributed by atoms with Crippen molar-refractivity contribution >= 4 is 31.5 Å². The second-order valence-electron chi connectivity index (χ2n) is 3.44. The van der Waals surface area contributed by atoms with Gasteiger partial charge in [0.1, 0.15) is 0 Å². The molecule has 0 heterocycles. The van der Waals surface area contributed by atoms with Crippen LogP contribution in [-0.2, 0) is 13.7 Å². The molecule has 0 aromatic carbocycles. The largest absolute Gasteiger partial charge is 0.433 e. The van der Waals surface area contributed by atoms with Crippen LogP contribution in [0.4, 0.5) is 0 Å². The van der Waals surface area contributed by atoms with Gasteiger partial charge in [-0.3, -0.25) is 4.79 Å². The Kier molecular flexibility index (Phi) is 8.21. The van der Waals surface area contributed by atoms with Crippen molar-refractivity contribution in [3.05, 3.63) is 0 Å². The van der Waals surface area contributed by atoms with Gasteiger partial charge in [-0.15, -0.1) is 0 Å². The zero-order valence-corrected chi connectivity index (χ0v) is 10.9. The fourth-order valence-corrected chi connectivity index (χ4v) is 1.68. The highest BCUT2D eigenvalue weighted by atomic mass is 32.1. The van der Waals surface area contributed by atoms with Crippen molar-refractivity contribution in [2.75, 3.05) is 12.4 Å². The van der Waals surface area contributed by atoms with Gasteiger partial charge in [-0.25, -0.2) is 0 Å². The number of hydrogen-bond donors (Lipinski definition) is 4. The summed E-state index contributed by atoms with van der Waals surface area (Å²) in [6.45, 7) is 1.56. The molecule has 0 aliphatic carbocycles. The van der Waals surface area contributed by atoms with Crippen molar-refractivity contribution in [3.8, 4) is 0 Å². The monoisotopic (exact) mass is 270 g/mol. The first-order valence-electron chi connectivity index (χ1n) is 4.97. The summed E-state index contributed by atoms with van der Waals surface area (Å²) < 4.78 is 9.16. The summed E-state index contributed by atoms with van der Waals surface area (Å²) in [7, 11) is 0. The molecule has 0 aliphatic rings. The zero-order valence-electron chi connectivity index (χ0n) is 9.13. The minimum Gasteiger partial charge on any atom is -0.433 e. The summed E-state index contributed by atoms with van der Waals surface area (Å²) in [6, 6.07) is 0. The molecule has 0 amide bonds. The van der Waals surface area contributed by atoms with Gasteiger partial charge in [-0.2, -0.15) is 12.6 Å². The van der Waals surface area contributed by atoms with E-state index in [-0.39, 0.29) is 19.4 Å². The number of rotatable bonds is 8. The normalized spacial score (nSPS) is 16.6. The molecular formula is C9H18O5S2. The van der Waals surface area contributed by atoms with Crippen molar-refractivity contribution in [2.45, 2.75) is 38.1 Å². The van der Waals surface area contributed by atoms with Gasteiger partial charge in [0.25, 0.3) is 0 Å². The van der Waals surface area contributed by atoms with E-state index in [4.69, 9.17) is 0 Å². The Morgan fingerprint density at radius 1 is 1.56 bits per heavy atom. The lowest BCUT2D eigenvalue weighted by atomic mass is 10.0. The van der Waals surface area contributed by atoms with Gasteiger partial charge in [0.2, 0.25) is 6.29 Å². The molecule has 16 heavy (non-hydrogen) atoms. The van der Waals surface area contributed by atoms with E-state index in [0.717, 1.165) is 0 Å². The van der Waals surface area contributed by atoms with Crippen LogP contribution in [0.25, 0.3) is 0 Å². The highest BCUT2D eigenvalue weighted by Gasteiger charge is 2.38. The van der Waals surface area contributed by atoms with E-state index in [1.807, 2.05) is 6.92 Å². The quantitative estimate of drug-likeness (QED) is 0.224. The average molecular weight is 270 g/mol. The van der Waals surface area contributed by atoms with Crippen LogP contribution >= 0.6 is 25.5 Å². The number of aliphatic hydroxyl groups excluding tert-OH is 1. The van der Waals surface area contributed by atoms with E-state index in [2.05, 4.69) is 34.5 Å². The van der Waals surface area contributed by atoms with E-state index in [9.17, 15) is 15.0 Å². The standard InChI is InChI=1S/C9H18O5S2/c1-2-3-7(10)14-8(11)9(12,4-5-15)6-13-16/h8,11-12,15-16H,2-6H2,1H3. The highest BCUT2D eigenvalue weighted by Crippen LogP contribution is 2.19. The lowest BCUT2D eigenvalue weighted by molar-refractivity contribution is -0.221. The number of aliphatic hydroxyl groups is 2. The molecule has 0 radical (unpaired) electrons. The predicted octanol–water partition coefficient (Wildman–Crippen LogP) is 0.560. The van der Waals surface area contributed by atoms with Crippen LogP contribution in [0.3, 0.4) is 0 Å². The number of hydrogen-bond acceptors (Lipinski definition) is 7. The van der Waals surface area contributed by atoms with Crippen LogP contribution < -0.4 is 0 Å². The summed E-state index contributed by atoms with van der Waals surface area (Å²) >= 11 is 7.44. The lowest BCUT2D eigenvalue weighted by Gasteiger charge is -2.30. The molecule has 0 spiro atoms. The third-order valence-electron chi connectivity index (χ3n) is 2.02. The molecule has 0 aliphatic heterocycles. The number of carbonyl (C=O) groups excluding carboxylic acids is 1. The molecule has 0 bridgehead atoms. The molecule has 0 rings (SSSR count). The fraction of sp³-hybridized carbons (Fsp3) is 0.889. The van der Waals surface area contributed by atoms with E-state index >= 15 is 0 Å². The maximum Gasteiger partial charge on any atom is 0.308 e. The molecule has 0 fully saturated rings. The molecule has 2 atom stereocenters. The van der Waals surface area contributed by atoms with Crippen LogP contribution in [0.1, 0.15) is 26.2 Å². The van der Waals surface area contributed by atoms with Gasteiger partial charge >= 0.3 is 5.97 Å². The molecule has 0 aromatic heterocycles. The molecule has 2 unspecified atom stereocenters. The Bertz CT molecular complexity index is 206. The van der Waals surface area contributed by atoms with Gasteiger partial charge in [0.15, 0.2) is 5.60 Å². The molecule has 0 saturated carbocycles. The van der Waals surface area contributed by atoms with Crippen LogP contribution in [-0.4, -0.2) is 40.4 Å². The maximum absolute atomic E-state index is 11.1. The molecule has 7 heteroatoms. The van der Waals surface area contributed by atoms with Crippen molar-refractivity contribution in [3.63, 3.8) is 0 Å². The fourth-order valence-electron chi connectivity index (χ4n) is 1.07. The van der Waals surface area contributed by atoms with Crippen molar-refractivity contribution < 1.29 is 23.9 Å². The first-order valence-corrected chi connectivity index (χ1v) is 5.97. The third-order valence-corrected chi connectivity index (χ3v) is 2.37. The smallest absolute Gasteiger partial charge is 0.308 e. The topological polar surface area (TPSA) is 76.0 Å². The Morgan fingerprint density at radius 2 is 2.19 bits per heavy atom. The van der Waals surface area contributed by atoms with Crippen LogP contribution in [0.2, 0.25) is 0 Å². The van der Waals surface area contributed by atoms with E-state index in [1.165, 1.54) is 0 Å². The van der Waals surface area contributed by atoms with Gasteiger partial charge in [0, 0.05) is 6.42 Å². The molecule has 0 aromatic rings. The summed E-state index contributed by atoms with van der Waals surface area (Å²) in [6.07, 6.45) is -0.710. The number of ether oxygens (including phenoxy) is 1. The molecular weight excluding hydrogens is 252 g/mol. The Morgan fingerprint density at radius 3 is 2.62 bits per heavy atom. The van der Waals surface area contributed by atoms with Crippen molar-refractivity contribution in [1.29, 1.82) is 0 Å². The van der Waals surface area contributed by atoms with Crippen LogP contribution in [0.5, 0.6) is 0 Å². The molecule has 2 N–H and O–H groups in total. The second kappa shape index (κ2) is 8.19. The second-order valence-corrected chi connectivity index (χ2v) is 4.15. The van der Waals surface area contributed by atoms with Gasteiger partial charge < -0.3 is 19.1 Å². The Labute approximate surface area is 106 Å². The summed E-state index contributed by atoms with van der Waals surface area (Å²) in [4.78, 5) is 11.1. The lowest BCUT2D eigenvalue weighted by Crippen LogP contribution is -2.48. The molecule has 0 saturated heterocycles. The van der Waals surface area contributed by atoms with Gasteiger partial charge in [-0.05, 0) is 31.5 Å². The van der Waals surface area contributed by atoms with E-state index in [1.54, 1.807) is 0 Å². The highest BCUT2D eigenvalue weighted by molar-refractivity contribution is 7.80. The van der Waals surface area contributed by atoms with Crippen LogP contribution in [0.15, 0.2) is 0 Å². The minimum absolute atomic E-state index is 0.122. The van der Waals surface area contributed by atoms with Gasteiger partial charge in [0.05, 0.1) is 6.61 Å².